The summed E-state index contributed by atoms with van der Waals surface area (Å²) >= 11 is 0. The number of hydrogen-bond acceptors (Lipinski definition) is 14. The van der Waals surface area contributed by atoms with Gasteiger partial charge in [-0.1, -0.05) is 195 Å². The Hall–Kier alpha value is -5.35. The van der Waals surface area contributed by atoms with E-state index in [1.165, 1.54) is 30.5 Å². The first-order valence-corrected chi connectivity index (χ1v) is 37.3. The van der Waals surface area contributed by atoms with Gasteiger partial charge in [-0.25, -0.2) is 4.79 Å². The maximum atomic E-state index is 13.3. The van der Waals surface area contributed by atoms with Crippen molar-refractivity contribution in [3.8, 4) is 5.75 Å². The van der Waals surface area contributed by atoms with Gasteiger partial charge in [0.1, 0.15) is 12.5 Å². The minimum absolute atomic E-state index is 0.0471. The molecule has 0 radical (unpaired) electrons. The fraction of sp³-hybridized carbons (Fsp3) is 0.547. The molecule has 0 aromatic heterocycles. The average Bonchev–Trinajstić information content (AvgIpc) is 0.769. The fourth-order valence-electron chi connectivity index (χ4n) is 12.8. The number of hydrogen-bond donors (Lipinski definition) is 0. The van der Waals surface area contributed by atoms with E-state index < -0.39 is 64.2 Å². The molecule has 0 amide bonds. The Morgan fingerprint density at radius 1 is 0.692 bits per heavy atom. The zero-order valence-electron chi connectivity index (χ0n) is 57.2. The van der Waals surface area contributed by atoms with Crippen LogP contribution in [0.2, 0.25) is 23.2 Å². The fourth-order valence-corrected chi connectivity index (χ4v) is 18.8. The minimum atomic E-state index is -2.81. The Balaban J connectivity index is 1.09. The van der Waals surface area contributed by atoms with Crippen LogP contribution in [0, 0.1) is 5.41 Å². The zero-order valence-corrected chi connectivity index (χ0v) is 59.2. The van der Waals surface area contributed by atoms with Gasteiger partial charge in [-0.2, -0.15) is 0 Å². The molecule has 0 unspecified atom stereocenters. The van der Waals surface area contributed by atoms with Gasteiger partial charge in [0.25, 0.3) is 8.32 Å². The van der Waals surface area contributed by atoms with Crippen LogP contribution < -0.4 is 15.1 Å². The van der Waals surface area contributed by atoms with E-state index in [1.807, 2.05) is 87.5 Å². The third-order valence-corrected chi connectivity index (χ3v) is 28.2. The lowest BCUT2D eigenvalue weighted by molar-refractivity contribution is -0.338. The van der Waals surface area contributed by atoms with Crippen molar-refractivity contribution in [1.82, 2.24) is 0 Å². The second kappa shape index (κ2) is 32.7. The molecule has 91 heavy (non-hydrogen) atoms. The lowest BCUT2D eigenvalue weighted by Crippen LogP contribution is -2.66. The van der Waals surface area contributed by atoms with Crippen molar-refractivity contribution in [2.24, 2.45) is 5.41 Å². The minimum Gasteiger partial charge on any atom is -0.497 e. The van der Waals surface area contributed by atoms with E-state index in [4.69, 9.17) is 56.2 Å². The molecule has 16 heteroatoms. The first-order chi connectivity index (χ1) is 43.1. The van der Waals surface area contributed by atoms with E-state index in [0.29, 0.717) is 70.3 Å². The molecule has 3 saturated heterocycles. The Kier molecular flexibility index (Phi) is 26.2. The van der Waals surface area contributed by atoms with E-state index in [2.05, 4.69) is 128 Å². The van der Waals surface area contributed by atoms with Gasteiger partial charge in [0.2, 0.25) is 5.79 Å². The lowest BCUT2D eigenvalue weighted by Gasteiger charge is -2.53. The highest BCUT2D eigenvalue weighted by molar-refractivity contribution is 6.99. The van der Waals surface area contributed by atoms with Crippen LogP contribution in [0.1, 0.15) is 138 Å². The van der Waals surface area contributed by atoms with Crippen LogP contribution in [-0.4, -0.2) is 124 Å². The summed E-state index contributed by atoms with van der Waals surface area (Å²) < 4.78 is 78.7. The van der Waals surface area contributed by atoms with Crippen LogP contribution >= 0.6 is 0 Å². The Morgan fingerprint density at radius 3 is 1.85 bits per heavy atom. The monoisotopic (exact) mass is 1290 g/mol. The molecule has 498 valence electrons. The average molecular weight is 1290 g/mol. The SMILES string of the molecule is C=C1C[C@H](C[C@@H]2CC(=C)C[C@H](/C=C/C(C)(C)[C@]3(OC)O[C@H](C[C@@H](O[Si](C)(C)C(C)(C)C)[C@@H](C)OCOCc4ccccc4)C/C(=C\C(=O)OC)[C@@H]3OC(C)=O)O2)O[C@H](C[C@H](CCO[Si](c2ccccc2)(c2ccccc2)C(C)(C)C)OCc2ccc(OC)cc2)C1. The molecule has 3 heterocycles. The van der Waals surface area contributed by atoms with Crippen LogP contribution in [0.4, 0.5) is 0 Å². The lowest BCUT2D eigenvalue weighted by atomic mass is 9.73. The quantitative estimate of drug-likeness (QED) is 0.0122. The molecule has 0 N–H and O–H groups in total. The molecule has 4 aromatic carbocycles. The maximum absolute atomic E-state index is 13.3. The Bertz CT molecular complexity index is 2970. The molecule has 4 aromatic rings. The van der Waals surface area contributed by atoms with Crippen molar-refractivity contribution in [3.05, 3.63) is 174 Å². The number of esters is 2. The summed E-state index contributed by atoms with van der Waals surface area (Å²) in [6.45, 7) is 35.7. The molecule has 14 nitrogen and oxygen atoms in total. The normalized spacial score (nSPS) is 23.6. The Labute approximate surface area is 546 Å². The van der Waals surface area contributed by atoms with Gasteiger partial charge in [-0.15, -0.1) is 0 Å². The molecular weight excluding hydrogens is 1180 g/mol. The highest BCUT2D eigenvalue weighted by Crippen LogP contribution is 2.50. The highest BCUT2D eigenvalue weighted by atomic mass is 28.4. The first-order valence-electron chi connectivity index (χ1n) is 32.5. The molecule has 10 atom stereocenters. The van der Waals surface area contributed by atoms with Crippen molar-refractivity contribution in [2.75, 3.05) is 34.7 Å². The van der Waals surface area contributed by atoms with Crippen LogP contribution in [0.15, 0.2) is 163 Å². The van der Waals surface area contributed by atoms with Gasteiger partial charge < -0.3 is 56.2 Å². The van der Waals surface area contributed by atoms with Gasteiger partial charge in [0.15, 0.2) is 14.4 Å². The molecular formula is C75H106O14Si2. The second-order valence-electron chi connectivity index (χ2n) is 28.2. The summed E-state index contributed by atoms with van der Waals surface area (Å²) in [5.41, 5.74) is 3.74. The van der Waals surface area contributed by atoms with Gasteiger partial charge in [-0.3, -0.25) is 4.79 Å². The summed E-state index contributed by atoms with van der Waals surface area (Å²) in [6.07, 6.45) is 7.00. The van der Waals surface area contributed by atoms with E-state index in [0.717, 1.165) is 34.4 Å². The largest absolute Gasteiger partial charge is 0.497 e. The maximum Gasteiger partial charge on any atom is 0.330 e. The molecule has 0 aliphatic carbocycles. The molecule has 0 bridgehead atoms. The predicted molar refractivity (Wildman–Crippen MR) is 364 cm³/mol. The Morgan fingerprint density at radius 2 is 1.27 bits per heavy atom. The van der Waals surface area contributed by atoms with E-state index in [-0.39, 0.29) is 53.8 Å². The molecule has 7 rings (SSSR count). The summed E-state index contributed by atoms with van der Waals surface area (Å²) in [5.74, 6) is -2.03. The molecule has 3 aliphatic heterocycles. The standard InChI is InChI=1S/C75H106O14Si2/c1-53-41-62(37-39-74(11,12)75(80-15)71(85-56(4)76)59(46-70(77)79-14)45-66(88-75)49-69(89-90(16,17)72(5,6)7)55(3)83-52-81-50-57-27-21-18-22-28-57)86-64(42-53)48-65-44-54(2)43-63(87-65)47-61(82-51-58-33-35-60(78-13)36-34-58)38-40-84-91(73(8,9)10,67-29-23-19-24-30-67)68-31-25-20-26-32-68/h18-37,39,46,55,61-66,69,71H,1-2,38,40-45,47-52H2,3-17H3/b39-37+,59-46+/t55-,61+,62+,63+,64+,65-,66+,69-,71+,75-/m1/s1. The topological polar surface area (TPSA) is 145 Å². The number of rotatable bonds is 30. The molecule has 3 fully saturated rings. The number of methoxy groups -OCH3 is 3. The molecule has 0 spiro atoms. The summed E-state index contributed by atoms with van der Waals surface area (Å²) in [4.78, 5) is 26.5. The second-order valence-corrected chi connectivity index (χ2v) is 37.2. The van der Waals surface area contributed by atoms with Crippen molar-refractivity contribution >= 4 is 38.9 Å². The number of carbonyl (C=O) groups excluding carboxylic acids is 2. The highest BCUT2D eigenvalue weighted by Gasteiger charge is 2.59. The van der Waals surface area contributed by atoms with Gasteiger partial charge >= 0.3 is 11.9 Å². The van der Waals surface area contributed by atoms with Crippen LogP contribution in [-0.2, 0) is 74.3 Å². The zero-order chi connectivity index (χ0) is 66.2. The van der Waals surface area contributed by atoms with E-state index in [1.54, 1.807) is 14.2 Å². The van der Waals surface area contributed by atoms with Crippen molar-refractivity contribution in [1.29, 1.82) is 0 Å². The first kappa shape index (κ1) is 73.1. The van der Waals surface area contributed by atoms with Crippen molar-refractivity contribution in [3.63, 3.8) is 0 Å². The predicted octanol–water partition coefficient (Wildman–Crippen LogP) is 14.6. The van der Waals surface area contributed by atoms with E-state index >= 15 is 0 Å². The number of benzene rings is 4. The van der Waals surface area contributed by atoms with Crippen LogP contribution in [0.5, 0.6) is 5.75 Å². The van der Waals surface area contributed by atoms with Crippen molar-refractivity contribution < 1.29 is 65.8 Å². The summed E-state index contributed by atoms with van der Waals surface area (Å²) in [6, 6.07) is 39.5. The third-order valence-electron chi connectivity index (χ3n) is 18.7. The van der Waals surface area contributed by atoms with Gasteiger partial charge in [0, 0.05) is 51.4 Å². The van der Waals surface area contributed by atoms with Crippen LogP contribution in [0.3, 0.4) is 0 Å². The summed E-state index contributed by atoms with van der Waals surface area (Å²) in [7, 11) is -0.691. The number of ether oxygens (including phenoxy) is 10. The molecule has 0 saturated carbocycles. The smallest absolute Gasteiger partial charge is 0.330 e. The van der Waals surface area contributed by atoms with Crippen LogP contribution in [0.25, 0.3) is 0 Å². The van der Waals surface area contributed by atoms with Gasteiger partial charge in [-0.05, 0) is 108 Å². The van der Waals surface area contributed by atoms with E-state index in [9.17, 15) is 9.59 Å². The molecule has 3 aliphatic rings. The summed E-state index contributed by atoms with van der Waals surface area (Å²) in [5, 5.41) is 2.17. The van der Waals surface area contributed by atoms with Crippen molar-refractivity contribution in [2.45, 2.75) is 224 Å². The third kappa shape index (κ3) is 19.6. The number of carbonyl (C=O) groups is 2. The van der Waals surface area contributed by atoms with Gasteiger partial charge in [0.05, 0.1) is 76.3 Å².